The number of likely N-dealkylation sites (tertiary alicyclic amines) is 1. The monoisotopic (exact) mass is 435 g/mol. The van der Waals surface area contributed by atoms with E-state index in [0.29, 0.717) is 17.7 Å². The summed E-state index contributed by atoms with van der Waals surface area (Å²) in [5, 5.41) is 5.46. The van der Waals surface area contributed by atoms with Gasteiger partial charge in [-0.3, -0.25) is 14.4 Å². The van der Waals surface area contributed by atoms with Gasteiger partial charge in [0.05, 0.1) is 6.54 Å². The van der Waals surface area contributed by atoms with Crippen LogP contribution in [0.15, 0.2) is 48.5 Å². The van der Waals surface area contributed by atoms with E-state index in [4.69, 9.17) is 0 Å². The molecule has 0 bridgehead atoms. The molecule has 0 aliphatic carbocycles. The molecule has 3 amide bonds. The Morgan fingerprint density at radius 1 is 0.875 bits per heavy atom. The van der Waals surface area contributed by atoms with Gasteiger partial charge in [-0.25, -0.2) is 0 Å². The molecule has 0 aromatic heterocycles. The normalized spacial score (nSPS) is 14.0. The summed E-state index contributed by atoms with van der Waals surface area (Å²) in [4.78, 5) is 39.1. The van der Waals surface area contributed by atoms with Crippen molar-refractivity contribution in [3.05, 3.63) is 70.8 Å². The summed E-state index contributed by atoms with van der Waals surface area (Å²) < 4.78 is 0. The summed E-state index contributed by atoms with van der Waals surface area (Å²) in [5.41, 5.74) is 3.18. The van der Waals surface area contributed by atoms with Gasteiger partial charge in [0.2, 0.25) is 5.91 Å². The highest BCUT2D eigenvalue weighted by Gasteiger charge is 2.18. The van der Waals surface area contributed by atoms with Gasteiger partial charge in [0.15, 0.2) is 0 Å². The molecular weight excluding hydrogens is 402 g/mol. The molecule has 1 aliphatic rings. The highest BCUT2D eigenvalue weighted by Crippen LogP contribution is 2.22. The van der Waals surface area contributed by atoms with E-state index in [1.165, 1.54) is 6.42 Å². The van der Waals surface area contributed by atoms with Crippen molar-refractivity contribution in [2.24, 2.45) is 0 Å². The molecule has 3 rings (SSSR count). The van der Waals surface area contributed by atoms with Gasteiger partial charge in [0.25, 0.3) is 11.8 Å². The van der Waals surface area contributed by atoms with Crippen molar-refractivity contribution in [1.82, 2.24) is 15.5 Å². The molecular formula is C26H33N3O3. The number of piperidine rings is 1. The Balaban J connectivity index is 1.47. The predicted molar refractivity (Wildman–Crippen MR) is 126 cm³/mol. The van der Waals surface area contributed by atoms with Crippen LogP contribution in [-0.4, -0.2) is 42.3 Å². The van der Waals surface area contributed by atoms with E-state index in [-0.39, 0.29) is 29.7 Å². The number of benzene rings is 2. The molecule has 32 heavy (non-hydrogen) atoms. The molecule has 0 spiro atoms. The molecule has 2 aromatic carbocycles. The van der Waals surface area contributed by atoms with Crippen LogP contribution in [-0.2, 0) is 16.8 Å². The maximum absolute atomic E-state index is 12.7. The van der Waals surface area contributed by atoms with Gasteiger partial charge in [-0.1, -0.05) is 45.0 Å². The minimum absolute atomic E-state index is 0.0184. The van der Waals surface area contributed by atoms with Crippen molar-refractivity contribution >= 4 is 17.7 Å². The maximum atomic E-state index is 12.7. The highest BCUT2D eigenvalue weighted by atomic mass is 16.2. The smallest absolute Gasteiger partial charge is 0.253 e. The molecule has 2 N–H and O–H groups in total. The molecule has 0 unspecified atom stereocenters. The van der Waals surface area contributed by atoms with E-state index in [1.54, 1.807) is 12.1 Å². The van der Waals surface area contributed by atoms with E-state index < -0.39 is 0 Å². The molecule has 1 fully saturated rings. The van der Waals surface area contributed by atoms with Crippen molar-refractivity contribution in [3.8, 4) is 0 Å². The van der Waals surface area contributed by atoms with Crippen molar-refractivity contribution in [3.63, 3.8) is 0 Å². The lowest BCUT2D eigenvalue weighted by Crippen LogP contribution is -2.37. The number of hydrogen-bond acceptors (Lipinski definition) is 3. The molecule has 1 heterocycles. The second-order valence-electron chi connectivity index (χ2n) is 9.34. The first kappa shape index (κ1) is 23.5. The van der Waals surface area contributed by atoms with Gasteiger partial charge in [0, 0.05) is 30.8 Å². The largest absolute Gasteiger partial charge is 0.350 e. The fraction of sp³-hybridized carbons (Fsp3) is 0.423. The van der Waals surface area contributed by atoms with Crippen LogP contribution in [0.5, 0.6) is 0 Å². The van der Waals surface area contributed by atoms with Crippen LogP contribution in [0.2, 0.25) is 0 Å². The van der Waals surface area contributed by atoms with Gasteiger partial charge >= 0.3 is 0 Å². The van der Waals surface area contributed by atoms with Gasteiger partial charge in [0.1, 0.15) is 0 Å². The predicted octanol–water partition coefficient (Wildman–Crippen LogP) is 3.66. The van der Waals surface area contributed by atoms with Crippen molar-refractivity contribution < 1.29 is 14.4 Å². The van der Waals surface area contributed by atoms with Crippen molar-refractivity contribution in [2.75, 3.05) is 19.6 Å². The number of rotatable bonds is 6. The summed E-state index contributed by atoms with van der Waals surface area (Å²) >= 11 is 0. The average molecular weight is 436 g/mol. The second kappa shape index (κ2) is 10.4. The maximum Gasteiger partial charge on any atom is 0.253 e. The number of nitrogens with one attached hydrogen (secondary N) is 2. The van der Waals surface area contributed by atoms with Gasteiger partial charge in [-0.2, -0.15) is 0 Å². The Kier molecular flexibility index (Phi) is 7.67. The molecule has 0 radical (unpaired) electrons. The Morgan fingerprint density at radius 2 is 1.56 bits per heavy atom. The van der Waals surface area contributed by atoms with Crippen molar-refractivity contribution in [2.45, 2.75) is 52.0 Å². The number of carbonyl (C=O) groups is 3. The van der Waals surface area contributed by atoms with Gasteiger partial charge in [-0.15, -0.1) is 0 Å². The standard InChI is InChI=1S/C26H33N3O3/c1-26(2,3)22-12-10-20(11-13-22)24(31)28-18-23(30)27-17-19-8-7-9-21(16-19)25(32)29-14-5-4-6-15-29/h7-13,16H,4-6,14-15,17-18H2,1-3H3,(H,27,30)(H,28,31). The Labute approximate surface area is 190 Å². The third-order valence-corrected chi connectivity index (χ3v) is 5.73. The van der Waals surface area contributed by atoms with Crippen LogP contribution < -0.4 is 10.6 Å². The first-order chi connectivity index (χ1) is 15.2. The summed E-state index contributed by atoms with van der Waals surface area (Å²) in [6, 6.07) is 14.8. The van der Waals surface area contributed by atoms with E-state index >= 15 is 0 Å². The van der Waals surface area contributed by atoms with Crippen LogP contribution in [0.4, 0.5) is 0 Å². The SMILES string of the molecule is CC(C)(C)c1ccc(C(=O)NCC(=O)NCc2cccc(C(=O)N3CCCCC3)c2)cc1. The zero-order valence-corrected chi connectivity index (χ0v) is 19.2. The van der Waals surface area contributed by atoms with Crippen LogP contribution in [0.25, 0.3) is 0 Å². The lowest BCUT2D eigenvalue weighted by Gasteiger charge is -2.26. The number of carbonyl (C=O) groups excluding carboxylic acids is 3. The lowest BCUT2D eigenvalue weighted by molar-refractivity contribution is -0.120. The zero-order valence-electron chi connectivity index (χ0n) is 19.2. The van der Waals surface area contributed by atoms with Gasteiger partial charge in [-0.05, 0) is 60.1 Å². The quantitative estimate of drug-likeness (QED) is 0.727. The van der Waals surface area contributed by atoms with Crippen LogP contribution in [0.1, 0.15) is 71.9 Å². The molecule has 170 valence electrons. The van der Waals surface area contributed by atoms with E-state index in [0.717, 1.165) is 37.1 Å². The van der Waals surface area contributed by atoms with Crippen molar-refractivity contribution in [1.29, 1.82) is 0 Å². The molecule has 0 saturated carbocycles. The molecule has 1 aliphatic heterocycles. The fourth-order valence-electron chi connectivity index (χ4n) is 3.74. The third kappa shape index (κ3) is 6.42. The Morgan fingerprint density at radius 3 is 2.22 bits per heavy atom. The second-order valence-corrected chi connectivity index (χ2v) is 9.34. The minimum Gasteiger partial charge on any atom is -0.350 e. The Hall–Kier alpha value is -3.15. The van der Waals surface area contributed by atoms with E-state index in [2.05, 4.69) is 31.4 Å². The average Bonchev–Trinajstić information content (AvgIpc) is 2.81. The number of amides is 3. The summed E-state index contributed by atoms with van der Waals surface area (Å²) in [7, 11) is 0. The first-order valence-electron chi connectivity index (χ1n) is 11.3. The summed E-state index contributed by atoms with van der Waals surface area (Å²) in [6.45, 7) is 8.16. The van der Waals surface area contributed by atoms with Crippen LogP contribution >= 0.6 is 0 Å². The molecule has 1 saturated heterocycles. The summed E-state index contributed by atoms with van der Waals surface area (Å²) in [5.74, 6) is -0.519. The van der Waals surface area contributed by atoms with Crippen LogP contribution in [0.3, 0.4) is 0 Å². The van der Waals surface area contributed by atoms with E-state index in [1.807, 2.05) is 41.3 Å². The van der Waals surface area contributed by atoms with Gasteiger partial charge < -0.3 is 15.5 Å². The van der Waals surface area contributed by atoms with E-state index in [9.17, 15) is 14.4 Å². The molecule has 6 nitrogen and oxygen atoms in total. The topological polar surface area (TPSA) is 78.5 Å². The minimum atomic E-state index is -0.283. The summed E-state index contributed by atoms with van der Waals surface area (Å²) in [6.07, 6.45) is 3.27. The molecule has 2 aromatic rings. The lowest BCUT2D eigenvalue weighted by atomic mass is 9.87. The number of nitrogens with zero attached hydrogens (tertiary/aromatic N) is 1. The Bertz CT molecular complexity index is 955. The fourth-order valence-corrected chi connectivity index (χ4v) is 3.74. The third-order valence-electron chi connectivity index (χ3n) is 5.73. The molecule has 6 heteroatoms. The van der Waals surface area contributed by atoms with Crippen LogP contribution in [0, 0.1) is 0 Å². The molecule has 0 atom stereocenters. The first-order valence-corrected chi connectivity index (χ1v) is 11.3. The zero-order chi connectivity index (χ0) is 23.1. The number of hydrogen-bond donors (Lipinski definition) is 2. The highest BCUT2D eigenvalue weighted by molar-refractivity contribution is 5.96.